The van der Waals surface area contributed by atoms with Crippen LogP contribution in [-0.2, 0) is 22.4 Å². The maximum atomic E-state index is 12.7. The Kier molecular flexibility index (Phi) is 7.86. The number of carboxylic acid groups (broad SMARTS) is 1. The number of methoxy groups -OCH3 is 1. The smallest absolute Gasteiger partial charge is 0.416 e. The lowest BCUT2D eigenvalue weighted by Gasteiger charge is -2.33. The van der Waals surface area contributed by atoms with Gasteiger partial charge in [-0.1, -0.05) is 37.5 Å². The molecule has 0 aliphatic heterocycles. The summed E-state index contributed by atoms with van der Waals surface area (Å²) in [4.78, 5) is 24.1. The number of hydrogen-bond acceptors (Lipinski definition) is 4. The first-order chi connectivity index (χ1) is 16.1. The summed E-state index contributed by atoms with van der Waals surface area (Å²) in [6.45, 7) is 0.0450. The van der Waals surface area contributed by atoms with Gasteiger partial charge in [-0.2, -0.15) is 13.2 Å². The highest BCUT2D eigenvalue weighted by molar-refractivity contribution is 5.96. The van der Waals surface area contributed by atoms with Gasteiger partial charge in [-0.3, -0.25) is 4.79 Å². The Hall–Kier alpha value is -3.49. The summed E-state index contributed by atoms with van der Waals surface area (Å²) in [6, 6.07) is 9.64. The van der Waals surface area contributed by atoms with Gasteiger partial charge >= 0.3 is 12.1 Å². The molecule has 1 fully saturated rings. The molecule has 0 radical (unpaired) electrons. The van der Waals surface area contributed by atoms with Gasteiger partial charge in [0.1, 0.15) is 12.1 Å². The van der Waals surface area contributed by atoms with Crippen molar-refractivity contribution in [2.24, 2.45) is 0 Å². The van der Waals surface area contributed by atoms with E-state index in [-0.39, 0.29) is 6.61 Å². The molecule has 0 saturated heterocycles. The molecule has 1 aliphatic rings. The van der Waals surface area contributed by atoms with E-state index >= 15 is 0 Å². The van der Waals surface area contributed by atoms with Gasteiger partial charge in [0, 0.05) is 6.08 Å². The van der Waals surface area contributed by atoms with Crippen LogP contribution in [0.2, 0.25) is 0 Å². The number of ether oxygens (including phenoxy) is 2. The predicted molar refractivity (Wildman–Crippen MR) is 119 cm³/mol. The molecule has 182 valence electrons. The number of hydrogen-bond donors (Lipinski definition) is 2. The predicted octanol–water partition coefficient (Wildman–Crippen LogP) is 5.21. The molecule has 9 heteroatoms. The monoisotopic (exact) mass is 477 g/mol. The summed E-state index contributed by atoms with van der Waals surface area (Å²) >= 11 is 0. The number of nitrogens with one attached hydrogen (secondary N) is 1. The molecule has 1 saturated carbocycles. The molecule has 0 unspecified atom stereocenters. The highest BCUT2D eigenvalue weighted by Crippen LogP contribution is 2.32. The maximum absolute atomic E-state index is 12.7. The van der Waals surface area contributed by atoms with E-state index < -0.39 is 29.2 Å². The van der Waals surface area contributed by atoms with Gasteiger partial charge in [0.2, 0.25) is 5.91 Å². The summed E-state index contributed by atoms with van der Waals surface area (Å²) in [5, 5.41) is 12.2. The second-order valence-electron chi connectivity index (χ2n) is 8.16. The SMILES string of the molecule is COc1cc(C=CC(=O)NC2(C(=O)O)CCCCC2)ccc1OCc1ccc(C(F)(F)F)cc1. The molecule has 6 nitrogen and oxygen atoms in total. The molecule has 0 spiro atoms. The Morgan fingerprint density at radius 3 is 2.32 bits per heavy atom. The van der Waals surface area contributed by atoms with Crippen LogP contribution in [0.15, 0.2) is 48.5 Å². The molecular weight excluding hydrogens is 451 g/mol. The molecule has 2 aromatic rings. The summed E-state index contributed by atoms with van der Waals surface area (Å²) < 4.78 is 49.1. The van der Waals surface area contributed by atoms with Crippen molar-refractivity contribution in [1.29, 1.82) is 0 Å². The molecule has 2 aromatic carbocycles. The fourth-order valence-electron chi connectivity index (χ4n) is 3.86. The van der Waals surface area contributed by atoms with E-state index in [1.165, 1.54) is 31.4 Å². The van der Waals surface area contributed by atoms with Crippen molar-refractivity contribution in [3.63, 3.8) is 0 Å². The lowest BCUT2D eigenvalue weighted by Crippen LogP contribution is -2.55. The summed E-state index contributed by atoms with van der Waals surface area (Å²) in [5.74, 6) is -0.754. The van der Waals surface area contributed by atoms with E-state index in [0.717, 1.165) is 31.4 Å². The molecule has 0 atom stereocenters. The van der Waals surface area contributed by atoms with Crippen LogP contribution < -0.4 is 14.8 Å². The van der Waals surface area contributed by atoms with Gasteiger partial charge in [0.25, 0.3) is 0 Å². The highest BCUT2D eigenvalue weighted by Gasteiger charge is 2.40. The lowest BCUT2D eigenvalue weighted by atomic mass is 9.81. The first-order valence-electron chi connectivity index (χ1n) is 10.8. The maximum Gasteiger partial charge on any atom is 0.416 e. The third-order valence-corrected chi connectivity index (χ3v) is 5.77. The lowest BCUT2D eigenvalue weighted by molar-refractivity contribution is -0.148. The fraction of sp³-hybridized carbons (Fsp3) is 0.360. The summed E-state index contributed by atoms with van der Waals surface area (Å²) in [6.07, 6.45) is 1.68. The van der Waals surface area contributed by atoms with Crippen molar-refractivity contribution < 1.29 is 37.3 Å². The van der Waals surface area contributed by atoms with Gasteiger partial charge in [-0.25, -0.2) is 4.79 Å². The highest BCUT2D eigenvalue weighted by atomic mass is 19.4. The minimum Gasteiger partial charge on any atom is -0.493 e. The standard InChI is InChI=1S/C25H26F3NO5/c1-33-21-15-17(8-12-22(30)29-24(23(31)32)13-3-2-4-14-24)7-11-20(21)34-16-18-5-9-19(10-6-18)25(26,27)28/h5-12,15H,2-4,13-14,16H2,1H3,(H,29,30)(H,31,32). The molecule has 0 bridgehead atoms. The number of carbonyl (C=O) groups is 2. The number of halogens is 3. The molecule has 34 heavy (non-hydrogen) atoms. The van der Waals surface area contributed by atoms with Crippen LogP contribution in [0.1, 0.15) is 48.8 Å². The van der Waals surface area contributed by atoms with Gasteiger partial charge in [-0.15, -0.1) is 0 Å². The van der Waals surface area contributed by atoms with Gasteiger partial charge in [-0.05, 0) is 54.3 Å². The summed E-state index contributed by atoms with van der Waals surface area (Å²) in [5.41, 5.74) is -0.771. The van der Waals surface area contributed by atoms with Crippen LogP contribution in [-0.4, -0.2) is 29.6 Å². The van der Waals surface area contributed by atoms with Crippen molar-refractivity contribution in [2.75, 3.05) is 7.11 Å². The minimum absolute atomic E-state index is 0.0450. The Morgan fingerprint density at radius 1 is 1.06 bits per heavy atom. The van der Waals surface area contributed by atoms with Crippen LogP contribution in [0, 0.1) is 0 Å². The molecular formula is C25H26F3NO5. The van der Waals surface area contributed by atoms with Crippen molar-refractivity contribution in [1.82, 2.24) is 5.32 Å². The number of aliphatic carboxylic acids is 1. The molecule has 3 rings (SSSR count). The molecule has 0 heterocycles. The number of carboxylic acids is 1. The largest absolute Gasteiger partial charge is 0.493 e. The average Bonchev–Trinajstić information content (AvgIpc) is 2.81. The van der Waals surface area contributed by atoms with Gasteiger partial charge in [0.05, 0.1) is 12.7 Å². The van der Waals surface area contributed by atoms with E-state index in [1.54, 1.807) is 18.2 Å². The minimum atomic E-state index is -4.40. The molecule has 0 aromatic heterocycles. The van der Waals surface area contributed by atoms with Gasteiger partial charge < -0.3 is 19.9 Å². The normalized spacial score (nSPS) is 15.6. The summed E-state index contributed by atoms with van der Waals surface area (Å²) in [7, 11) is 1.44. The first-order valence-corrected chi connectivity index (χ1v) is 10.8. The van der Waals surface area contributed by atoms with E-state index in [2.05, 4.69) is 5.32 Å². The second-order valence-corrected chi connectivity index (χ2v) is 8.16. The number of alkyl halides is 3. The van der Waals surface area contributed by atoms with Crippen LogP contribution in [0.5, 0.6) is 11.5 Å². The van der Waals surface area contributed by atoms with E-state index in [0.29, 0.717) is 35.5 Å². The second kappa shape index (κ2) is 10.6. The van der Waals surface area contributed by atoms with E-state index in [1.807, 2.05) is 0 Å². The number of carbonyl (C=O) groups excluding carboxylic acids is 1. The topological polar surface area (TPSA) is 84.9 Å². The van der Waals surface area contributed by atoms with Crippen LogP contribution >= 0.6 is 0 Å². The van der Waals surface area contributed by atoms with Crippen LogP contribution in [0.3, 0.4) is 0 Å². The zero-order valence-corrected chi connectivity index (χ0v) is 18.7. The van der Waals surface area contributed by atoms with Crippen molar-refractivity contribution >= 4 is 18.0 Å². The number of benzene rings is 2. The van der Waals surface area contributed by atoms with Crippen LogP contribution in [0.25, 0.3) is 6.08 Å². The fourth-order valence-corrected chi connectivity index (χ4v) is 3.86. The Labute approximate surface area is 195 Å². The van der Waals surface area contributed by atoms with Crippen molar-refractivity contribution in [3.8, 4) is 11.5 Å². The number of rotatable bonds is 8. The third kappa shape index (κ3) is 6.30. The Bertz CT molecular complexity index is 1040. The van der Waals surface area contributed by atoms with E-state index in [9.17, 15) is 27.9 Å². The van der Waals surface area contributed by atoms with E-state index in [4.69, 9.17) is 9.47 Å². The number of amides is 1. The third-order valence-electron chi connectivity index (χ3n) is 5.77. The average molecular weight is 477 g/mol. The molecule has 1 aliphatic carbocycles. The quantitative estimate of drug-likeness (QED) is 0.510. The molecule has 2 N–H and O–H groups in total. The zero-order valence-electron chi connectivity index (χ0n) is 18.7. The Balaban J connectivity index is 1.63. The molecule has 1 amide bonds. The Morgan fingerprint density at radius 2 is 1.74 bits per heavy atom. The first kappa shape index (κ1) is 25.1. The van der Waals surface area contributed by atoms with Crippen LogP contribution in [0.4, 0.5) is 13.2 Å². The van der Waals surface area contributed by atoms with Crippen molar-refractivity contribution in [2.45, 2.75) is 50.4 Å². The zero-order chi connectivity index (χ0) is 24.8. The van der Waals surface area contributed by atoms with Crippen molar-refractivity contribution in [3.05, 3.63) is 65.2 Å². The van der Waals surface area contributed by atoms with Gasteiger partial charge in [0.15, 0.2) is 11.5 Å².